The zero-order valence-electron chi connectivity index (χ0n) is 14.6. The maximum atomic E-state index is 12.2. The Hall–Kier alpha value is -2.33. The van der Waals surface area contributed by atoms with Gasteiger partial charge in [0, 0.05) is 22.5 Å². The molecule has 0 saturated carbocycles. The number of hydrogen-bond acceptors (Lipinski definition) is 3. The van der Waals surface area contributed by atoms with Crippen LogP contribution in [0.4, 0.5) is 0 Å². The van der Waals surface area contributed by atoms with Crippen molar-refractivity contribution in [1.82, 2.24) is 5.32 Å². The van der Waals surface area contributed by atoms with E-state index in [4.69, 9.17) is 16.3 Å². The number of ether oxygens (including phenoxy) is 1. The van der Waals surface area contributed by atoms with E-state index in [1.807, 2.05) is 32.9 Å². The molecule has 0 unspecified atom stereocenters. The third kappa shape index (κ3) is 5.91. The third-order valence-electron chi connectivity index (χ3n) is 3.72. The smallest absolute Gasteiger partial charge is 0.338 e. The molecule has 0 heterocycles. The first kappa shape index (κ1) is 19.0. The molecule has 0 aromatic heterocycles. The van der Waals surface area contributed by atoms with Gasteiger partial charge in [-0.15, -0.1) is 0 Å². The number of esters is 1. The minimum atomic E-state index is -0.408. The number of carbonyl (C=O) groups is 2. The van der Waals surface area contributed by atoms with Crippen LogP contribution in [-0.2, 0) is 4.74 Å². The lowest BCUT2D eigenvalue weighted by molar-refractivity contribution is 0.0341. The van der Waals surface area contributed by atoms with Gasteiger partial charge in [0.1, 0.15) is 0 Å². The summed E-state index contributed by atoms with van der Waals surface area (Å²) < 4.78 is 5.35. The van der Waals surface area contributed by atoms with Crippen LogP contribution in [0.15, 0.2) is 48.5 Å². The Morgan fingerprint density at radius 1 is 1.00 bits per heavy atom. The van der Waals surface area contributed by atoms with E-state index >= 15 is 0 Å². The monoisotopic (exact) mass is 359 g/mol. The lowest BCUT2D eigenvalue weighted by Gasteiger charge is -2.24. The van der Waals surface area contributed by atoms with E-state index in [1.54, 1.807) is 36.4 Å². The van der Waals surface area contributed by atoms with Gasteiger partial charge in [-0.25, -0.2) is 4.79 Å². The van der Waals surface area contributed by atoms with E-state index in [-0.39, 0.29) is 17.9 Å². The summed E-state index contributed by atoms with van der Waals surface area (Å²) in [6, 6.07) is 13.9. The van der Waals surface area contributed by atoms with Crippen LogP contribution in [0.25, 0.3) is 0 Å². The number of rotatable bonds is 6. The average molecular weight is 360 g/mol. The van der Waals surface area contributed by atoms with Crippen molar-refractivity contribution >= 4 is 23.5 Å². The molecule has 2 aromatic rings. The number of aryl methyl sites for hydroxylation is 1. The fourth-order valence-electron chi connectivity index (χ4n) is 2.11. The summed E-state index contributed by atoms with van der Waals surface area (Å²) in [6.07, 6.45) is 0. The van der Waals surface area contributed by atoms with Crippen molar-refractivity contribution in [2.75, 3.05) is 13.2 Å². The number of halogens is 1. The second-order valence-corrected chi connectivity index (χ2v) is 7.23. The molecule has 1 amide bonds. The summed E-state index contributed by atoms with van der Waals surface area (Å²) in [5.74, 6) is -0.549. The first-order valence-corrected chi connectivity index (χ1v) is 8.42. The van der Waals surface area contributed by atoms with Crippen LogP contribution in [0.1, 0.15) is 40.1 Å². The van der Waals surface area contributed by atoms with Gasteiger partial charge in [-0.05, 0) is 43.3 Å². The predicted molar refractivity (Wildman–Crippen MR) is 99.0 cm³/mol. The summed E-state index contributed by atoms with van der Waals surface area (Å²) in [7, 11) is 0. The SMILES string of the molecule is Cc1ccc(C(=O)NCC(C)(C)COC(=O)c2ccc(Cl)cc2)cc1. The second-order valence-electron chi connectivity index (χ2n) is 6.80. The van der Waals surface area contributed by atoms with Crippen LogP contribution in [-0.4, -0.2) is 25.0 Å². The Bertz CT molecular complexity index is 673. The highest BCUT2D eigenvalue weighted by atomic mass is 35.5. The van der Waals surface area contributed by atoms with Crippen molar-refractivity contribution in [1.29, 1.82) is 0 Å². The van der Waals surface area contributed by atoms with Gasteiger partial charge in [-0.3, -0.25) is 4.79 Å². The van der Waals surface area contributed by atoms with E-state index in [0.717, 1.165) is 5.56 Å². The maximum Gasteiger partial charge on any atom is 0.338 e. The summed E-state index contributed by atoms with van der Waals surface area (Å²) in [5.41, 5.74) is 1.78. The van der Waals surface area contributed by atoms with Gasteiger partial charge >= 0.3 is 5.97 Å². The van der Waals surface area contributed by atoms with Crippen molar-refractivity contribution in [3.8, 4) is 0 Å². The molecular weight excluding hydrogens is 338 g/mol. The predicted octanol–water partition coefficient (Wildman–Crippen LogP) is 4.26. The summed E-state index contributed by atoms with van der Waals surface area (Å²) in [4.78, 5) is 24.2. The minimum absolute atomic E-state index is 0.142. The Balaban J connectivity index is 1.84. The third-order valence-corrected chi connectivity index (χ3v) is 3.97. The van der Waals surface area contributed by atoms with E-state index in [2.05, 4.69) is 5.32 Å². The van der Waals surface area contributed by atoms with Crippen LogP contribution in [0, 0.1) is 12.3 Å². The molecule has 5 heteroatoms. The van der Waals surface area contributed by atoms with Gasteiger partial charge in [0.25, 0.3) is 5.91 Å². The lowest BCUT2D eigenvalue weighted by atomic mass is 9.94. The van der Waals surface area contributed by atoms with Crippen LogP contribution in [0.5, 0.6) is 0 Å². The molecule has 0 saturated heterocycles. The van der Waals surface area contributed by atoms with E-state index in [1.165, 1.54) is 0 Å². The quantitative estimate of drug-likeness (QED) is 0.784. The van der Waals surface area contributed by atoms with Gasteiger partial charge in [0.2, 0.25) is 0 Å². The zero-order valence-corrected chi connectivity index (χ0v) is 15.4. The second kappa shape index (κ2) is 8.17. The van der Waals surface area contributed by atoms with E-state index in [9.17, 15) is 9.59 Å². The molecule has 0 bridgehead atoms. The number of hydrogen-bond donors (Lipinski definition) is 1. The molecule has 2 aromatic carbocycles. The standard InChI is InChI=1S/C20H22ClNO3/c1-14-4-6-15(7-5-14)18(23)22-12-20(2,3)13-25-19(24)16-8-10-17(21)11-9-16/h4-11H,12-13H2,1-3H3,(H,22,23). The molecule has 0 radical (unpaired) electrons. The molecule has 1 N–H and O–H groups in total. The average Bonchev–Trinajstić information content (AvgIpc) is 2.59. The van der Waals surface area contributed by atoms with E-state index in [0.29, 0.717) is 22.7 Å². The van der Waals surface area contributed by atoms with Crippen molar-refractivity contribution in [3.05, 3.63) is 70.2 Å². The van der Waals surface area contributed by atoms with Crippen molar-refractivity contribution in [2.45, 2.75) is 20.8 Å². The Morgan fingerprint density at radius 3 is 2.16 bits per heavy atom. The fourth-order valence-corrected chi connectivity index (χ4v) is 2.23. The molecule has 0 aliphatic heterocycles. The largest absolute Gasteiger partial charge is 0.461 e. The molecule has 0 atom stereocenters. The Kier molecular flexibility index (Phi) is 6.21. The highest BCUT2D eigenvalue weighted by Gasteiger charge is 2.22. The van der Waals surface area contributed by atoms with Gasteiger partial charge in [0.15, 0.2) is 0 Å². The van der Waals surface area contributed by atoms with Crippen molar-refractivity contribution in [2.24, 2.45) is 5.41 Å². The molecule has 0 fully saturated rings. The number of carbonyl (C=O) groups excluding carboxylic acids is 2. The number of nitrogens with one attached hydrogen (secondary N) is 1. The lowest BCUT2D eigenvalue weighted by Crippen LogP contribution is -2.37. The first-order chi connectivity index (χ1) is 11.8. The number of amides is 1. The fraction of sp³-hybridized carbons (Fsp3) is 0.300. The molecule has 4 nitrogen and oxygen atoms in total. The molecule has 2 rings (SSSR count). The molecular formula is C20H22ClNO3. The van der Waals surface area contributed by atoms with E-state index < -0.39 is 5.97 Å². The molecule has 132 valence electrons. The molecule has 25 heavy (non-hydrogen) atoms. The van der Waals surface area contributed by atoms with Crippen LogP contribution >= 0.6 is 11.6 Å². The summed E-state index contributed by atoms with van der Waals surface area (Å²) in [5, 5.41) is 3.45. The normalized spacial score (nSPS) is 11.0. The zero-order chi connectivity index (χ0) is 18.4. The summed E-state index contributed by atoms with van der Waals surface area (Å²) >= 11 is 5.80. The highest BCUT2D eigenvalue weighted by molar-refractivity contribution is 6.30. The molecule has 0 spiro atoms. The van der Waals surface area contributed by atoms with Crippen LogP contribution < -0.4 is 5.32 Å². The first-order valence-electron chi connectivity index (χ1n) is 8.04. The minimum Gasteiger partial charge on any atom is -0.461 e. The van der Waals surface area contributed by atoms with Crippen molar-refractivity contribution in [3.63, 3.8) is 0 Å². The van der Waals surface area contributed by atoms with Crippen LogP contribution in [0.2, 0.25) is 5.02 Å². The Morgan fingerprint density at radius 2 is 1.56 bits per heavy atom. The van der Waals surface area contributed by atoms with Crippen molar-refractivity contribution < 1.29 is 14.3 Å². The van der Waals surface area contributed by atoms with Gasteiger partial charge < -0.3 is 10.1 Å². The maximum absolute atomic E-state index is 12.2. The number of benzene rings is 2. The molecule has 0 aliphatic rings. The van der Waals surface area contributed by atoms with Gasteiger partial charge in [0.05, 0.1) is 12.2 Å². The molecule has 0 aliphatic carbocycles. The summed E-state index contributed by atoms with van der Waals surface area (Å²) in [6.45, 7) is 6.42. The topological polar surface area (TPSA) is 55.4 Å². The van der Waals surface area contributed by atoms with Gasteiger partial charge in [-0.1, -0.05) is 43.1 Å². The highest BCUT2D eigenvalue weighted by Crippen LogP contribution is 2.17. The van der Waals surface area contributed by atoms with Gasteiger partial charge in [-0.2, -0.15) is 0 Å². The van der Waals surface area contributed by atoms with Crippen LogP contribution in [0.3, 0.4) is 0 Å². The Labute approximate surface area is 153 Å².